The zero-order valence-electron chi connectivity index (χ0n) is 25.0. The number of anilines is 4. The Morgan fingerprint density at radius 3 is 2.51 bits per heavy atom. The molecule has 1 amide bonds. The maximum absolute atomic E-state index is 13.3. The van der Waals surface area contributed by atoms with Crippen LogP contribution in [0.25, 0.3) is 0 Å². The van der Waals surface area contributed by atoms with Gasteiger partial charge in [-0.05, 0) is 42.5 Å². The van der Waals surface area contributed by atoms with Crippen molar-refractivity contribution in [2.75, 3.05) is 52.6 Å². The molecule has 8 N–H and O–H groups in total. The van der Waals surface area contributed by atoms with Crippen LogP contribution in [0.2, 0.25) is 0 Å². The van der Waals surface area contributed by atoms with Crippen molar-refractivity contribution in [1.29, 1.82) is 0 Å². The third-order valence-corrected chi connectivity index (χ3v) is 11.1. The van der Waals surface area contributed by atoms with Gasteiger partial charge in [0.1, 0.15) is 10.9 Å². The number of aliphatic imine (C=N–C) groups is 1. The van der Waals surface area contributed by atoms with Crippen molar-refractivity contribution in [2.45, 2.75) is 30.3 Å². The minimum absolute atomic E-state index is 0.0136. The Bertz CT molecular complexity index is 1800. The number of carbonyl (C=O) groups is 2. The number of nitrogens with zero attached hydrogens (tertiary/aromatic N) is 5. The van der Waals surface area contributed by atoms with Gasteiger partial charge in [-0.2, -0.15) is 0 Å². The Morgan fingerprint density at radius 2 is 1.81 bits per heavy atom. The molecule has 0 spiro atoms. The van der Waals surface area contributed by atoms with E-state index in [0.717, 1.165) is 53.5 Å². The Labute approximate surface area is 283 Å². The van der Waals surface area contributed by atoms with Crippen molar-refractivity contribution in [1.82, 2.24) is 15.3 Å². The van der Waals surface area contributed by atoms with Gasteiger partial charge in [-0.15, -0.1) is 34.0 Å². The molecule has 0 bridgehead atoms. The summed E-state index contributed by atoms with van der Waals surface area (Å²) in [6.45, 7) is 4.05. The summed E-state index contributed by atoms with van der Waals surface area (Å²) in [5.41, 5.74) is 12.0. The van der Waals surface area contributed by atoms with E-state index < -0.39 is 27.9 Å². The molecule has 1 aliphatic rings. The number of hydrogen-bond acceptors (Lipinski definition) is 13. The number of carboxylic acids is 1. The molecule has 47 heavy (non-hydrogen) atoms. The van der Waals surface area contributed by atoms with Gasteiger partial charge in [-0.1, -0.05) is 6.07 Å². The number of thiophene rings is 1. The topological polar surface area (TPSA) is 221 Å². The number of guanidine groups is 1. The number of amides is 1. The number of piperazine rings is 1. The number of benzene rings is 1. The van der Waals surface area contributed by atoms with Crippen LogP contribution in [0.1, 0.15) is 28.2 Å². The molecule has 15 nitrogen and oxygen atoms in total. The smallest absolute Gasteiger partial charge is 0.326 e. The predicted molar refractivity (Wildman–Crippen MR) is 186 cm³/mol. The number of aliphatic carboxylic acids is 1. The van der Waals surface area contributed by atoms with Gasteiger partial charge in [0.2, 0.25) is 0 Å². The summed E-state index contributed by atoms with van der Waals surface area (Å²) in [5.74, 6) is -2.06. The average Bonchev–Trinajstić information content (AvgIpc) is 3.84. The van der Waals surface area contributed by atoms with E-state index in [1.54, 1.807) is 40.2 Å². The van der Waals surface area contributed by atoms with Gasteiger partial charge in [-0.3, -0.25) is 14.5 Å². The van der Waals surface area contributed by atoms with E-state index in [2.05, 4.69) is 35.1 Å². The Balaban J connectivity index is 1.16. The summed E-state index contributed by atoms with van der Waals surface area (Å²) in [6.07, 6.45) is 2.22. The van der Waals surface area contributed by atoms with E-state index in [-0.39, 0.29) is 34.4 Å². The van der Waals surface area contributed by atoms with E-state index in [1.807, 2.05) is 17.0 Å². The fraction of sp³-hybridized carbons (Fsp3) is 0.321. The van der Waals surface area contributed by atoms with Crippen molar-refractivity contribution in [3.63, 3.8) is 0 Å². The maximum atomic E-state index is 13.3. The number of aromatic nitrogens is 2. The highest BCUT2D eigenvalue weighted by atomic mass is 32.2. The molecule has 1 aliphatic heterocycles. The van der Waals surface area contributed by atoms with Crippen molar-refractivity contribution in [3.8, 4) is 0 Å². The normalized spacial score (nSPS) is 14.0. The number of carboxylic acid groups (broad SMARTS) is 1. The highest BCUT2D eigenvalue weighted by Gasteiger charge is 2.25. The molecule has 19 heteroatoms. The lowest BCUT2D eigenvalue weighted by atomic mass is 10.1. The average molecular weight is 719 g/mol. The number of hydrogen-bond donors (Lipinski definition) is 6. The monoisotopic (exact) mass is 718 g/mol. The van der Waals surface area contributed by atoms with Crippen LogP contribution in [-0.4, -0.2) is 80.1 Å². The quantitative estimate of drug-likeness (QED) is 0.0594. The van der Waals surface area contributed by atoms with Gasteiger partial charge in [0.05, 0.1) is 22.8 Å². The number of carbonyl (C=O) groups excluding carboxylic acids is 1. The third kappa shape index (κ3) is 9.09. The first kappa shape index (κ1) is 33.9. The summed E-state index contributed by atoms with van der Waals surface area (Å²) in [6, 6.07) is 6.56. The minimum Gasteiger partial charge on any atom is -0.480 e. The lowest BCUT2D eigenvalue weighted by molar-refractivity contribution is -0.139. The molecule has 4 aromatic rings. The van der Waals surface area contributed by atoms with E-state index in [0.29, 0.717) is 18.7 Å². The molecule has 0 radical (unpaired) electrons. The maximum Gasteiger partial charge on any atom is 0.326 e. The molecule has 4 heterocycles. The molecule has 1 saturated heterocycles. The Kier molecular flexibility index (Phi) is 11.1. The second-order valence-electron chi connectivity index (χ2n) is 10.4. The van der Waals surface area contributed by atoms with E-state index in [4.69, 9.17) is 16.5 Å². The van der Waals surface area contributed by atoms with Gasteiger partial charge < -0.3 is 37.0 Å². The Hall–Kier alpha value is -4.46. The zero-order chi connectivity index (χ0) is 33.4. The first-order valence-corrected chi connectivity index (χ1v) is 18.6. The molecular weight excluding hydrogens is 685 g/mol. The summed E-state index contributed by atoms with van der Waals surface area (Å²) < 4.78 is 29.1. The summed E-state index contributed by atoms with van der Waals surface area (Å²) >= 11 is 4.20. The number of nitrogens with two attached hydrogens (primary N) is 2. The molecule has 250 valence electrons. The van der Waals surface area contributed by atoms with Gasteiger partial charge >= 0.3 is 5.97 Å². The van der Waals surface area contributed by atoms with Crippen molar-refractivity contribution in [3.05, 3.63) is 63.2 Å². The minimum atomic E-state index is -4.09. The van der Waals surface area contributed by atoms with Crippen molar-refractivity contribution >= 4 is 83.5 Å². The van der Waals surface area contributed by atoms with Gasteiger partial charge in [0.25, 0.3) is 15.9 Å². The number of sulfonamides is 1. The van der Waals surface area contributed by atoms with Crippen LogP contribution in [0.15, 0.2) is 62.6 Å². The molecule has 1 unspecified atom stereocenters. The SMILES string of the molecule is NC(N)=NCCCC(NC(=O)c1sccc1NS(=O)(=O)c1cccc(NCc2csc(N3CCN(c4nccs4)CC3)n2)c1)C(=O)O. The standard InChI is InChI=1S/C28H34N10O5S4/c29-26(30)31-7-2-5-22(25(40)41)35-24(39)23-21(6-13-44-23)36-47(42,43)20-4-1-3-18(15-20)33-16-19-17-46-28(34-19)38-11-9-37(10-12-38)27-32-8-14-45-27/h1,3-4,6,8,13-15,17,22,33,36H,2,5,7,9-12,16H2,(H,35,39)(H,40,41)(H4,29,30,31). The molecular formula is C28H34N10O5S4. The van der Waals surface area contributed by atoms with Crippen molar-refractivity contribution < 1.29 is 23.1 Å². The molecule has 0 aliphatic carbocycles. The largest absolute Gasteiger partial charge is 0.480 e. The van der Waals surface area contributed by atoms with Crippen LogP contribution in [0.4, 0.5) is 21.6 Å². The second-order valence-corrected chi connectivity index (χ2v) is 14.7. The predicted octanol–water partition coefficient (Wildman–Crippen LogP) is 2.64. The van der Waals surface area contributed by atoms with Gasteiger partial charge in [-0.25, -0.2) is 23.2 Å². The summed E-state index contributed by atoms with van der Waals surface area (Å²) in [7, 11) is -4.09. The highest BCUT2D eigenvalue weighted by molar-refractivity contribution is 7.92. The van der Waals surface area contributed by atoms with Gasteiger partial charge in [0.15, 0.2) is 16.2 Å². The van der Waals surface area contributed by atoms with Crippen molar-refractivity contribution in [2.24, 2.45) is 16.5 Å². The number of rotatable bonds is 15. The van der Waals surface area contributed by atoms with Crippen LogP contribution < -0.4 is 36.6 Å². The first-order valence-electron chi connectivity index (χ1n) is 14.5. The number of thiazole rings is 2. The fourth-order valence-electron chi connectivity index (χ4n) is 4.70. The van der Waals surface area contributed by atoms with Crippen LogP contribution in [0.3, 0.4) is 0 Å². The molecule has 1 atom stereocenters. The van der Waals surface area contributed by atoms with E-state index in [1.165, 1.54) is 18.2 Å². The molecule has 3 aromatic heterocycles. The zero-order valence-corrected chi connectivity index (χ0v) is 28.3. The summed E-state index contributed by atoms with van der Waals surface area (Å²) in [4.78, 5) is 42.2. The molecule has 1 aromatic carbocycles. The second kappa shape index (κ2) is 15.4. The van der Waals surface area contributed by atoms with Crippen LogP contribution in [0, 0.1) is 0 Å². The van der Waals surface area contributed by atoms with E-state index >= 15 is 0 Å². The Morgan fingerprint density at radius 1 is 1.04 bits per heavy atom. The lowest BCUT2D eigenvalue weighted by Crippen LogP contribution is -2.46. The molecule has 0 saturated carbocycles. The third-order valence-electron chi connectivity index (χ3n) is 7.06. The van der Waals surface area contributed by atoms with E-state index in [9.17, 15) is 23.1 Å². The lowest BCUT2D eigenvalue weighted by Gasteiger charge is -2.34. The highest BCUT2D eigenvalue weighted by Crippen LogP contribution is 2.28. The first-order chi connectivity index (χ1) is 22.6. The molecule has 5 rings (SSSR count). The number of nitrogens with one attached hydrogen (secondary N) is 3. The van der Waals surface area contributed by atoms with Crippen LogP contribution >= 0.6 is 34.0 Å². The summed E-state index contributed by atoms with van der Waals surface area (Å²) in [5, 5.41) is 22.7. The molecule has 1 fully saturated rings. The fourth-order valence-corrected chi connectivity index (χ4v) is 8.21. The van der Waals surface area contributed by atoms with Gasteiger partial charge in [0, 0.05) is 55.4 Å². The van der Waals surface area contributed by atoms with Crippen LogP contribution in [0.5, 0.6) is 0 Å². The van der Waals surface area contributed by atoms with Crippen LogP contribution in [-0.2, 0) is 21.4 Å².